The van der Waals surface area contributed by atoms with E-state index in [9.17, 15) is 4.79 Å². The van der Waals surface area contributed by atoms with Crippen molar-refractivity contribution in [3.63, 3.8) is 0 Å². The Morgan fingerprint density at radius 3 is 2.62 bits per heavy atom. The lowest BCUT2D eigenvalue weighted by atomic mass is 10.3. The number of rotatable bonds is 9. The molecular formula is C16H23NO4. The van der Waals surface area contributed by atoms with Gasteiger partial charge in [0.1, 0.15) is 24.7 Å². The Morgan fingerprint density at radius 2 is 2.00 bits per heavy atom. The summed E-state index contributed by atoms with van der Waals surface area (Å²) in [7, 11) is 0. The highest BCUT2D eigenvalue weighted by Gasteiger charge is 2.02. The largest absolute Gasteiger partial charge is 0.492 e. The molecule has 0 aliphatic carbocycles. The first kappa shape index (κ1) is 16.9. The molecule has 0 saturated carbocycles. The average molecular weight is 293 g/mol. The maximum absolute atomic E-state index is 11.1. The van der Waals surface area contributed by atoms with Gasteiger partial charge in [0.05, 0.1) is 12.6 Å². The molecule has 21 heavy (non-hydrogen) atoms. The fraction of sp³-hybridized carbons (Fsp3) is 0.438. The van der Waals surface area contributed by atoms with Crippen LogP contribution in [0.3, 0.4) is 0 Å². The van der Waals surface area contributed by atoms with Gasteiger partial charge in [-0.1, -0.05) is 19.6 Å². The predicted octanol–water partition coefficient (Wildman–Crippen LogP) is 3.15. The zero-order valence-electron chi connectivity index (χ0n) is 12.6. The standard InChI is InChI=1S/C16H23NO4/c1-4-11-20-16(18)17-10-12-19-14-6-8-15(9-7-14)21-13(3)5-2/h4,6-9,13H,1,5,10-12H2,2-3H3,(H,17,18). The van der Waals surface area contributed by atoms with Crippen LogP contribution in [0.25, 0.3) is 0 Å². The molecule has 0 aliphatic heterocycles. The highest BCUT2D eigenvalue weighted by Crippen LogP contribution is 2.19. The summed E-state index contributed by atoms with van der Waals surface area (Å²) in [4.78, 5) is 11.1. The Balaban J connectivity index is 2.23. The molecule has 1 atom stereocenters. The molecule has 1 aromatic carbocycles. The minimum atomic E-state index is -0.476. The molecule has 1 unspecified atom stereocenters. The minimum Gasteiger partial charge on any atom is -0.492 e. The SMILES string of the molecule is C=CCOC(=O)NCCOc1ccc(OC(C)CC)cc1. The van der Waals surface area contributed by atoms with Crippen LogP contribution in [0.15, 0.2) is 36.9 Å². The number of hydrogen-bond donors (Lipinski definition) is 1. The third-order valence-electron chi connectivity index (χ3n) is 2.71. The second-order valence-electron chi connectivity index (χ2n) is 4.47. The Kier molecular flexibility index (Phi) is 7.79. The van der Waals surface area contributed by atoms with E-state index in [1.165, 1.54) is 6.08 Å². The van der Waals surface area contributed by atoms with Crippen LogP contribution in [0.2, 0.25) is 0 Å². The van der Waals surface area contributed by atoms with Gasteiger partial charge in [0.2, 0.25) is 0 Å². The fourth-order valence-electron chi connectivity index (χ4n) is 1.44. The summed E-state index contributed by atoms with van der Waals surface area (Å²) in [6, 6.07) is 7.42. The van der Waals surface area contributed by atoms with Crippen molar-refractivity contribution in [3.05, 3.63) is 36.9 Å². The third kappa shape index (κ3) is 7.25. The number of alkyl carbamates (subject to hydrolysis) is 1. The molecule has 0 aromatic heterocycles. The van der Waals surface area contributed by atoms with E-state index in [-0.39, 0.29) is 12.7 Å². The number of hydrogen-bond acceptors (Lipinski definition) is 4. The van der Waals surface area contributed by atoms with Crippen molar-refractivity contribution >= 4 is 6.09 Å². The minimum absolute atomic E-state index is 0.197. The van der Waals surface area contributed by atoms with Crippen molar-refractivity contribution in [1.29, 1.82) is 0 Å². The van der Waals surface area contributed by atoms with Crippen LogP contribution in [0.1, 0.15) is 20.3 Å². The first-order chi connectivity index (χ1) is 10.2. The van der Waals surface area contributed by atoms with Crippen molar-refractivity contribution in [2.24, 2.45) is 0 Å². The van der Waals surface area contributed by atoms with Crippen molar-refractivity contribution in [1.82, 2.24) is 5.32 Å². The zero-order valence-corrected chi connectivity index (χ0v) is 12.6. The molecule has 0 saturated heterocycles. The van der Waals surface area contributed by atoms with Gasteiger partial charge in [-0.3, -0.25) is 0 Å². The summed E-state index contributed by atoms with van der Waals surface area (Å²) >= 11 is 0. The van der Waals surface area contributed by atoms with Gasteiger partial charge < -0.3 is 19.5 Å². The molecule has 1 amide bonds. The summed E-state index contributed by atoms with van der Waals surface area (Å²) in [5.41, 5.74) is 0. The number of amides is 1. The summed E-state index contributed by atoms with van der Waals surface area (Å²) in [5, 5.41) is 2.57. The van der Waals surface area contributed by atoms with E-state index in [2.05, 4.69) is 18.8 Å². The maximum Gasteiger partial charge on any atom is 0.407 e. The van der Waals surface area contributed by atoms with Crippen molar-refractivity contribution in [3.8, 4) is 11.5 Å². The van der Waals surface area contributed by atoms with Crippen LogP contribution in [0.4, 0.5) is 4.79 Å². The topological polar surface area (TPSA) is 56.8 Å². The van der Waals surface area contributed by atoms with Crippen LogP contribution in [-0.4, -0.2) is 32.0 Å². The van der Waals surface area contributed by atoms with Gasteiger partial charge in [0.25, 0.3) is 0 Å². The first-order valence-electron chi connectivity index (χ1n) is 7.06. The van der Waals surface area contributed by atoms with Gasteiger partial charge in [0.15, 0.2) is 0 Å². The monoisotopic (exact) mass is 293 g/mol. The predicted molar refractivity (Wildman–Crippen MR) is 81.9 cm³/mol. The second-order valence-corrected chi connectivity index (χ2v) is 4.47. The van der Waals surface area contributed by atoms with Crippen molar-refractivity contribution in [2.75, 3.05) is 19.8 Å². The van der Waals surface area contributed by atoms with Gasteiger partial charge in [0, 0.05) is 0 Å². The lowest BCUT2D eigenvalue weighted by Crippen LogP contribution is -2.28. The van der Waals surface area contributed by atoms with E-state index >= 15 is 0 Å². The van der Waals surface area contributed by atoms with E-state index < -0.39 is 6.09 Å². The molecule has 0 fully saturated rings. The normalized spacial score (nSPS) is 11.3. The van der Waals surface area contributed by atoms with E-state index in [1.807, 2.05) is 31.2 Å². The van der Waals surface area contributed by atoms with Gasteiger partial charge in [-0.05, 0) is 37.6 Å². The smallest absolute Gasteiger partial charge is 0.407 e. The maximum atomic E-state index is 11.1. The Hall–Kier alpha value is -2.17. The summed E-state index contributed by atoms with van der Waals surface area (Å²) in [6.45, 7) is 8.51. The number of carbonyl (C=O) groups is 1. The molecule has 0 aliphatic rings. The van der Waals surface area contributed by atoms with Gasteiger partial charge in [-0.15, -0.1) is 0 Å². The lowest BCUT2D eigenvalue weighted by molar-refractivity contribution is 0.156. The van der Waals surface area contributed by atoms with Crippen LogP contribution >= 0.6 is 0 Å². The first-order valence-corrected chi connectivity index (χ1v) is 7.06. The van der Waals surface area contributed by atoms with E-state index in [4.69, 9.17) is 14.2 Å². The van der Waals surface area contributed by atoms with E-state index in [0.717, 1.165) is 17.9 Å². The number of carbonyl (C=O) groups excluding carboxylic acids is 1. The highest BCUT2D eigenvalue weighted by atomic mass is 16.5. The van der Waals surface area contributed by atoms with E-state index in [1.54, 1.807) is 0 Å². The van der Waals surface area contributed by atoms with Gasteiger partial charge in [-0.25, -0.2) is 4.79 Å². The number of ether oxygens (including phenoxy) is 3. The van der Waals surface area contributed by atoms with Crippen LogP contribution in [0.5, 0.6) is 11.5 Å². The molecule has 1 aromatic rings. The molecule has 116 valence electrons. The van der Waals surface area contributed by atoms with Crippen LogP contribution < -0.4 is 14.8 Å². The Morgan fingerprint density at radius 1 is 1.33 bits per heavy atom. The molecular weight excluding hydrogens is 270 g/mol. The highest BCUT2D eigenvalue weighted by molar-refractivity contribution is 5.67. The van der Waals surface area contributed by atoms with Gasteiger partial charge >= 0.3 is 6.09 Å². The second kappa shape index (κ2) is 9.69. The molecule has 0 heterocycles. The molecule has 5 nitrogen and oxygen atoms in total. The lowest BCUT2D eigenvalue weighted by Gasteiger charge is -2.13. The zero-order chi connectivity index (χ0) is 15.5. The number of benzene rings is 1. The Bertz CT molecular complexity index is 430. The molecule has 0 bridgehead atoms. The van der Waals surface area contributed by atoms with Crippen LogP contribution in [-0.2, 0) is 4.74 Å². The molecule has 1 rings (SSSR count). The molecule has 0 spiro atoms. The summed E-state index contributed by atoms with van der Waals surface area (Å²) < 4.78 is 15.9. The Labute approximate surface area is 125 Å². The molecule has 5 heteroatoms. The van der Waals surface area contributed by atoms with Gasteiger partial charge in [-0.2, -0.15) is 0 Å². The van der Waals surface area contributed by atoms with E-state index in [0.29, 0.717) is 13.2 Å². The number of nitrogens with one attached hydrogen (secondary N) is 1. The average Bonchev–Trinajstić information content (AvgIpc) is 2.51. The molecule has 0 radical (unpaired) electrons. The van der Waals surface area contributed by atoms with Crippen molar-refractivity contribution < 1.29 is 19.0 Å². The molecule has 1 N–H and O–H groups in total. The third-order valence-corrected chi connectivity index (χ3v) is 2.71. The summed E-state index contributed by atoms with van der Waals surface area (Å²) in [6.07, 6.45) is 2.20. The van der Waals surface area contributed by atoms with Crippen LogP contribution in [0, 0.1) is 0 Å². The summed E-state index contributed by atoms with van der Waals surface area (Å²) in [5.74, 6) is 1.55. The fourth-order valence-corrected chi connectivity index (χ4v) is 1.44. The van der Waals surface area contributed by atoms with Crippen molar-refractivity contribution in [2.45, 2.75) is 26.4 Å². The quantitative estimate of drug-likeness (QED) is 0.561.